The summed E-state index contributed by atoms with van der Waals surface area (Å²) in [6.45, 7) is 10.4. The Kier molecular flexibility index (Phi) is 4.85. The molecule has 0 unspecified atom stereocenters. The molecule has 0 bridgehead atoms. The quantitative estimate of drug-likeness (QED) is 0.794. The van der Waals surface area contributed by atoms with Crippen LogP contribution in [0.3, 0.4) is 0 Å². The largest absolute Gasteiger partial charge is 0.374 e. The van der Waals surface area contributed by atoms with Crippen LogP contribution in [0, 0.1) is 0 Å². The van der Waals surface area contributed by atoms with Crippen LogP contribution in [0.2, 0.25) is 0 Å². The van der Waals surface area contributed by atoms with Crippen LogP contribution in [0.15, 0.2) is 4.52 Å². The fraction of sp³-hybridized carbons (Fsp3) is 0.882. The summed E-state index contributed by atoms with van der Waals surface area (Å²) >= 11 is 0. The normalized spacial score (nSPS) is 29.0. The molecule has 3 heterocycles. The molecule has 0 N–H and O–H groups in total. The highest BCUT2D eigenvalue weighted by Crippen LogP contribution is 2.38. The van der Waals surface area contributed by atoms with Gasteiger partial charge in [-0.1, -0.05) is 5.16 Å². The molecule has 1 saturated carbocycles. The number of likely N-dealkylation sites (N-methyl/N-ethyl adjacent to an activating group) is 1. The molecule has 1 aliphatic carbocycles. The highest BCUT2D eigenvalue weighted by molar-refractivity contribution is 5.04. The Morgan fingerprint density at radius 3 is 2.67 bits per heavy atom. The van der Waals surface area contributed by atoms with E-state index in [-0.39, 0.29) is 6.04 Å². The lowest BCUT2D eigenvalue weighted by atomic mass is 10.2. The first-order chi connectivity index (χ1) is 11.7. The van der Waals surface area contributed by atoms with Crippen LogP contribution >= 0.6 is 0 Å². The average molecular weight is 335 g/mol. The Bertz CT molecular complexity index is 539. The maximum atomic E-state index is 5.90. The minimum absolute atomic E-state index is 0.212. The van der Waals surface area contributed by atoms with Crippen LogP contribution in [0.1, 0.15) is 43.4 Å². The second-order valence-electron chi connectivity index (χ2n) is 7.53. The van der Waals surface area contributed by atoms with Crippen molar-refractivity contribution in [2.75, 3.05) is 59.5 Å². The van der Waals surface area contributed by atoms with E-state index in [1.54, 1.807) is 0 Å². The number of hydrogen-bond donors (Lipinski definition) is 0. The summed E-state index contributed by atoms with van der Waals surface area (Å²) in [5.74, 6) is 2.25. The first-order valence-corrected chi connectivity index (χ1v) is 9.29. The fourth-order valence-corrected chi connectivity index (χ4v) is 3.68. The molecule has 134 valence electrons. The van der Waals surface area contributed by atoms with Crippen molar-refractivity contribution in [1.82, 2.24) is 24.8 Å². The average Bonchev–Trinajstić information content (AvgIpc) is 3.32. The molecule has 1 aromatic heterocycles. The third kappa shape index (κ3) is 3.79. The minimum Gasteiger partial charge on any atom is -0.374 e. The highest BCUT2D eigenvalue weighted by atomic mass is 16.5. The van der Waals surface area contributed by atoms with E-state index in [1.165, 1.54) is 12.8 Å². The molecule has 4 rings (SSSR count). The van der Waals surface area contributed by atoms with E-state index in [4.69, 9.17) is 9.26 Å². The van der Waals surface area contributed by atoms with Crippen LogP contribution in [0.5, 0.6) is 0 Å². The van der Waals surface area contributed by atoms with Crippen molar-refractivity contribution in [1.29, 1.82) is 0 Å². The lowest BCUT2D eigenvalue weighted by Gasteiger charge is -2.39. The molecule has 3 fully saturated rings. The topological polar surface area (TPSA) is 57.9 Å². The summed E-state index contributed by atoms with van der Waals surface area (Å²) in [4.78, 5) is 11.9. The molecular weight excluding hydrogens is 306 g/mol. The summed E-state index contributed by atoms with van der Waals surface area (Å²) in [5.41, 5.74) is 0. The van der Waals surface area contributed by atoms with Crippen molar-refractivity contribution in [3.63, 3.8) is 0 Å². The third-order valence-electron chi connectivity index (χ3n) is 5.52. The predicted molar refractivity (Wildman–Crippen MR) is 89.9 cm³/mol. The van der Waals surface area contributed by atoms with E-state index in [1.807, 2.05) is 0 Å². The molecular formula is C17H29N5O2. The molecule has 0 aromatic carbocycles. The lowest BCUT2D eigenvalue weighted by molar-refractivity contribution is -0.0430. The zero-order valence-corrected chi connectivity index (χ0v) is 14.9. The zero-order chi connectivity index (χ0) is 16.5. The van der Waals surface area contributed by atoms with Gasteiger partial charge in [-0.3, -0.25) is 9.80 Å². The molecule has 1 aromatic rings. The maximum Gasteiger partial charge on any atom is 0.243 e. The number of morpholine rings is 1. The Hall–Kier alpha value is -1.02. The Labute approximate surface area is 143 Å². The van der Waals surface area contributed by atoms with Gasteiger partial charge in [0.2, 0.25) is 5.89 Å². The maximum absolute atomic E-state index is 5.90. The zero-order valence-electron chi connectivity index (χ0n) is 14.9. The van der Waals surface area contributed by atoms with Crippen LogP contribution in [0.4, 0.5) is 0 Å². The van der Waals surface area contributed by atoms with Crippen LogP contribution in [0.25, 0.3) is 0 Å². The molecule has 7 heteroatoms. The van der Waals surface area contributed by atoms with Gasteiger partial charge in [-0.2, -0.15) is 4.98 Å². The van der Waals surface area contributed by atoms with Gasteiger partial charge in [0.1, 0.15) is 0 Å². The van der Waals surface area contributed by atoms with Crippen molar-refractivity contribution in [2.45, 2.75) is 37.8 Å². The molecule has 0 amide bonds. The van der Waals surface area contributed by atoms with Gasteiger partial charge < -0.3 is 14.2 Å². The summed E-state index contributed by atoms with van der Waals surface area (Å²) in [6.07, 6.45) is 2.78. The van der Waals surface area contributed by atoms with Gasteiger partial charge >= 0.3 is 0 Å². The van der Waals surface area contributed by atoms with E-state index in [9.17, 15) is 0 Å². The van der Waals surface area contributed by atoms with Crippen molar-refractivity contribution in [3.05, 3.63) is 11.7 Å². The molecule has 3 aliphatic rings. The molecule has 0 radical (unpaired) electrons. The van der Waals surface area contributed by atoms with E-state index in [0.29, 0.717) is 12.0 Å². The van der Waals surface area contributed by atoms with Crippen LogP contribution in [-0.4, -0.2) is 90.4 Å². The second kappa shape index (κ2) is 7.07. The van der Waals surface area contributed by atoms with E-state index >= 15 is 0 Å². The first-order valence-electron chi connectivity index (χ1n) is 9.29. The minimum atomic E-state index is 0.212. The van der Waals surface area contributed by atoms with Gasteiger partial charge in [0.25, 0.3) is 0 Å². The van der Waals surface area contributed by atoms with E-state index in [2.05, 4.69) is 38.8 Å². The van der Waals surface area contributed by atoms with Gasteiger partial charge in [0.05, 0.1) is 18.8 Å². The number of aromatic nitrogens is 2. The van der Waals surface area contributed by atoms with Gasteiger partial charge in [-0.05, 0) is 26.8 Å². The van der Waals surface area contributed by atoms with Crippen LogP contribution < -0.4 is 0 Å². The highest BCUT2D eigenvalue weighted by Gasteiger charge is 2.32. The van der Waals surface area contributed by atoms with E-state index in [0.717, 1.165) is 64.1 Å². The predicted octanol–water partition coefficient (Wildman–Crippen LogP) is 0.956. The smallest absolute Gasteiger partial charge is 0.243 e. The Morgan fingerprint density at radius 1 is 1.17 bits per heavy atom. The molecule has 0 spiro atoms. The third-order valence-corrected chi connectivity index (χ3v) is 5.52. The van der Waals surface area contributed by atoms with Crippen molar-refractivity contribution < 1.29 is 9.26 Å². The number of hydrogen-bond acceptors (Lipinski definition) is 7. The summed E-state index contributed by atoms with van der Waals surface area (Å²) < 4.78 is 11.4. The Morgan fingerprint density at radius 2 is 1.96 bits per heavy atom. The molecule has 2 aliphatic heterocycles. The Balaban J connectivity index is 1.25. The summed E-state index contributed by atoms with van der Waals surface area (Å²) in [7, 11) is 2.18. The molecule has 2 saturated heterocycles. The SMILES string of the molecule is C[C@H](c1nc(C2CC2)no1)N1CCN(C[C@@H]2CN(C)CCO2)CC1. The molecule has 2 atom stereocenters. The summed E-state index contributed by atoms with van der Waals surface area (Å²) in [5, 5.41) is 4.15. The molecule has 24 heavy (non-hydrogen) atoms. The standard InChI is InChI=1S/C17H29N5O2/c1-13(17-18-16(19-24-17)14-3-4-14)22-7-5-21(6-8-22)12-15-11-20(2)9-10-23-15/h13-15H,3-12H2,1-2H3/t13-,15+/m1/s1. The number of piperazine rings is 1. The second-order valence-corrected chi connectivity index (χ2v) is 7.53. The van der Waals surface area contributed by atoms with Crippen LogP contribution in [-0.2, 0) is 4.74 Å². The number of rotatable bonds is 5. The first kappa shape index (κ1) is 16.4. The number of nitrogens with zero attached hydrogens (tertiary/aromatic N) is 5. The monoisotopic (exact) mass is 335 g/mol. The number of ether oxygens (including phenoxy) is 1. The fourth-order valence-electron chi connectivity index (χ4n) is 3.68. The van der Waals surface area contributed by atoms with Crippen molar-refractivity contribution >= 4 is 0 Å². The van der Waals surface area contributed by atoms with Crippen molar-refractivity contribution in [3.8, 4) is 0 Å². The van der Waals surface area contributed by atoms with Gasteiger partial charge in [0.15, 0.2) is 5.82 Å². The summed E-state index contributed by atoms with van der Waals surface area (Å²) in [6, 6.07) is 0.212. The van der Waals surface area contributed by atoms with Gasteiger partial charge in [-0.15, -0.1) is 0 Å². The lowest BCUT2D eigenvalue weighted by Crippen LogP contribution is -2.52. The van der Waals surface area contributed by atoms with E-state index < -0.39 is 0 Å². The van der Waals surface area contributed by atoms with Gasteiger partial charge in [-0.25, -0.2) is 0 Å². The molecule has 7 nitrogen and oxygen atoms in total. The van der Waals surface area contributed by atoms with Gasteiger partial charge in [0, 0.05) is 51.7 Å². The van der Waals surface area contributed by atoms with Crippen molar-refractivity contribution in [2.24, 2.45) is 0 Å².